The molecule has 0 atom stereocenters. The molecule has 0 unspecified atom stereocenters. The Morgan fingerprint density at radius 2 is 2.11 bits per heavy atom. The Hall–Kier alpha value is -0.860. The summed E-state index contributed by atoms with van der Waals surface area (Å²) < 4.78 is 0.641. The molecule has 0 amide bonds. The molecule has 1 aromatic heterocycles. The molecule has 96 valence electrons. The number of halogens is 1. The fourth-order valence-electron chi connectivity index (χ4n) is 2.00. The van der Waals surface area contributed by atoms with E-state index < -0.39 is 0 Å². The zero-order valence-electron chi connectivity index (χ0n) is 11.0. The smallest absolute Gasteiger partial charge is 0.184 e. The number of hydrogen-bond donors (Lipinski definition) is 0. The van der Waals surface area contributed by atoms with Gasteiger partial charge in [-0.2, -0.15) is 0 Å². The van der Waals surface area contributed by atoms with Gasteiger partial charge in [0.15, 0.2) is 4.47 Å². The Morgan fingerprint density at radius 3 is 2.78 bits per heavy atom. The third kappa shape index (κ3) is 3.12. The topological polar surface area (TPSA) is 12.9 Å². The third-order valence-corrected chi connectivity index (χ3v) is 4.06. The van der Waals surface area contributed by atoms with Gasteiger partial charge >= 0.3 is 0 Å². The summed E-state index contributed by atoms with van der Waals surface area (Å²) in [7, 11) is 0. The summed E-state index contributed by atoms with van der Waals surface area (Å²) in [5, 5.41) is 0. The molecule has 1 nitrogen and oxygen atoms in total. The van der Waals surface area contributed by atoms with Gasteiger partial charge in [-0.05, 0) is 30.4 Å². The molecule has 1 aromatic carbocycles. The molecule has 0 saturated carbocycles. The van der Waals surface area contributed by atoms with Gasteiger partial charge in [-0.1, -0.05) is 50.6 Å². The second-order valence-corrected chi connectivity index (χ2v) is 6.56. The Morgan fingerprint density at radius 1 is 1.33 bits per heavy atom. The van der Waals surface area contributed by atoms with Crippen LogP contribution in [0, 0.1) is 5.92 Å². The maximum Gasteiger partial charge on any atom is 0.184 e. The van der Waals surface area contributed by atoms with Crippen LogP contribution in [0.1, 0.15) is 31.2 Å². The predicted octanol–water partition coefficient (Wildman–Crippen LogP) is 5.22. The first-order chi connectivity index (χ1) is 8.60. The van der Waals surface area contributed by atoms with Gasteiger partial charge in [0.2, 0.25) is 0 Å². The number of nitrogens with zero attached hydrogens (tertiary/aromatic N) is 1. The van der Waals surface area contributed by atoms with Crippen LogP contribution in [0.3, 0.4) is 0 Å². The minimum absolute atomic E-state index is 0.620. The van der Waals surface area contributed by atoms with Crippen LogP contribution in [0.5, 0.6) is 0 Å². The molecule has 0 aliphatic heterocycles. The molecular formula is C15H18ClNS. The average molecular weight is 280 g/mol. The number of aromatic nitrogens is 1. The fraction of sp³-hybridized carbons (Fsp3) is 0.400. The molecule has 0 aliphatic carbocycles. The lowest BCUT2D eigenvalue weighted by Gasteiger charge is -2.06. The van der Waals surface area contributed by atoms with Gasteiger partial charge in [0.05, 0.1) is 5.69 Å². The first-order valence-corrected chi connectivity index (χ1v) is 7.54. The van der Waals surface area contributed by atoms with E-state index in [0.717, 1.165) is 18.5 Å². The zero-order valence-corrected chi connectivity index (χ0v) is 12.6. The minimum Gasteiger partial charge on any atom is -0.225 e. The van der Waals surface area contributed by atoms with E-state index in [1.807, 2.05) is 0 Å². The highest BCUT2D eigenvalue weighted by Crippen LogP contribution is 2.33. The van der Waals surface area contributed by atoms with E-state index in [9.17, 15) is 0 Å². The molecule has 0 fully saturated rings. The van der Waals surface area contributed by atoms with Crippen molar-refractivity contribution in [1.82, 2.24) is 4.98 Å². The molecule has 0 N–H and O–H groups in total. The summed E-state index contributed by atoms with van der Waals surface area (Å²) in [5.41, 5.74) is 3.59. The van der Waals surface area contributed by atoms with Crippen LogP contribution in [0.15, 0.2) is 24.3 Å². The van der Waals surface area contributed by atoms with E-state index in [-0.39, 0.29) is 0 Å². The van der Waals surface area contributed by atoms with E-state index in [1.165, 1.54) is 16.0 Å². The molecular weight excluding hydrogens is 262 g/mol. The van der Waals surface area contributed by atoms with Crippen LogP contribution >= 0.6 is 22.9 Å². The normalized spacial score (nSPS) is 11.2. The first-order valence-electron chi connectivity index (χ1n) is 6.34. The van der Waals surface area contributed by atoms with Gasteiger partial charge in [-0.15, -0.1) is 11.3 Å². The summed E-state index contributed by atoms with van der Waals surface area (Å²) in [6, 6.07) is 8.59. The van der Waals surface area contributed by atoms with Crippen LogP contribution < -0.4 is 0 Å². The predicted molar refractivity (Wildman–Crippen MR) is 80.5 cm³/mol. The van der Waals surface area contributed by atoms with Gasteiger partial charge in [-0.3, -0.25) is 0 Å². The largest absolute Gasteiger partial charge is 0.225 e. The average Bonchev–Trinajstić information content (AvgIpc) is 2.69. The lowest BCUT2D eigenvalue weighted by molar-refractivity contribution is 0.654. The molecule has 0 saturated heterocycles. The zero-order chi connectivity index (χ0) is 13.1. The van der Waals surface area contributed by atoms with Crippen LogP contribution in [-0.4, -0.2) is 4.98 Å². The number of benzene rings is 1. The quantitative estimate of drug-likeness (QED) is 0.747. The summed E-state index contributed by atoms with van der Waals surface area (Å²) in [6.45, 7) is 6.61. The van der Waals surface area contributed by atoms with Crippen molar-refractivity contribution >= 4 is 22.9 Å². The van der Waals surface area contributed by atoms with Crippen molar-refractivity contribution in [2.24, 2.45) is 5.92 Å². The first kappa shape index (κ1) is 13.6. The van der Waals surface area contributed by atoms with E-state index >= 15 is 0 Å². The van der Waals surface area contributed by atoms with Gasteiger partial charge in [0, 0.05) is 10.4 Å². The highest BCUT2D eigenvalue weighted by molar-refractivity contribution is 7.16. The minimum atomic E-state index is 0.620. The second kappa shape index (κ2) is 5.85. The number of hydrogen-bond acceptors (Lipinski definition) is 2. The lowest BCUT2D eigenvalue weighted by atomic mass is 10.0. The summed E-state index contributed by atoms with van der Waals surface area (Å²) in [5.74, 6) is 0.620. The highest BCUT2D eigenvalue weighted by atomic mass is 35.5. The summed E-state index contributed by atoms with van der Waals surface area (Å²) in [4.78, 5) is 5.79. The van der Waals surface area contributed by atoms with Crippen molar-refractivity contribution in [1.29, 1.82) is 0 Å². The monoisotopic (exact) mass is 279 g/mol. The van der Waals surface area contributed by atoms with E-state index in [4.69, 9.17) is 11.6 Å². The maximum absolute atomic E-state index is 6.08. The van der Waals surface area contributed by atoms with Crippen molar-refractivity contribution in [2.75, 3.05) is 0 Å². The molecule has 18 heavy (non-hydrogen) atoms. The van der Waals surface area contributed by atoms with Crippen molar-refractivity contribution in [3.05, 3.63) is 39.2 Å². The standard InChI is InChI=1S/C15H18ClNS/c1-4-11-6-5-7-12(9-11)14-13(8-10(2)3)18-15(16)17-14/h5-7,9-10H,4,8H2,1-3H3. The third-order valence-electron chi connectivity index (χ3n) is 2.87. The van der Waals surface area contributed by atoms with Crippen molar-refractivity contribution in [2.45, 2.75) is 33.6 Å². The van der Waals surface area contributed by atoms with Gasteiger partial charge in [-0.25, -0.2) is 4.98 Å². The number of rotatable bonds is 4. The molecule has 2 aromatic rings. The second-order valence-electron chi connectivity index (χ2n) is 4.89. The van der Waals surface area contributed by atoms with Crippen LogP contribution in [0.2, 0.25) is 4.47 Å². The molecule has 1 heterocycles. The van der Waals surface area contributed by atoms with E-state index in [0.29, 0.717) is 10.4 Å². The Balaban J connectivity index is 2.42. The Labute approximate surface area is 118 Å². The number of aryl methyl sites for hydroxylation is 1. The van der Waals surface area contributed by atoms with Gasteiger partial charge in [0.1, 0.15) is 0 Å². The molecule has 0 spiro atoms. The molecule has 0 bridgehead atoms. The molecule has 3 heteroatoms. The van der Waals surface area contributed by atoms with Crippen molar-refractivity contribution in [3.8, 4) is 11.3 Å². The lowest BCUT2D eigenvalue weighted by Crippen LogP contribution is -1.94. The maximum atomic E-state index is 6.08. The number of thiazole rings is 1. The SMILES string of the molecule is CCc1cccc(-c2nc(Cl)sc2CC(C)C)c1. The van der Waals surface area contributed by atoms with E-state index in [2.05, 4.69) is 50.0 Å². The van der Waals surface area contributed by atoms with Crippen molar-refractivity contribution in [3.63, 3.8) is 0 Å². The van der Waals surface area contributed by atoms with Gasteiger partial charge in [0.25, 0.3) is 0 Å². The summed E-state index contributed by atoms with van der Waals surface area (Å²) in [6.07, 6.45) is 2.08. The van der Waals surface area contributed by atoms with Crippen molar-refractivity contribution < 1.29 is 0 Å². The molecule has 0 aliphatic rings. The highest BCUT2D eigenvalue weighted by Gasteiger charge is 2.13. The van der Waals surface area contributed by atoms with E-state index in [1.54, 1.807) is 11.3 Å². The van der Waals surface area contributed by atoms with Crippen LogP contribution in [0.4, 0.5) is 0 Å². The van der Waals surface area contributed by atoms with Crippen LogP contribution in [0.25, 0.3) is 11.3 Å². The summed E-state index contributed by atoms with van der Waals surface area (Å²) >= 11 is 7.69. The molecule has 2 rings (SSSR count). The fourth-order valence-corrected chi connectivity index (χ4v) is 3.38. The van der Waals surface area contributed by atoms with Gasteiger partial charge < -0.3 is 0 Å². The Kier molecular flexibility index (Phi) is 4.41. The van der Waals surface area contributed by atoms with Crippen LogP contribution in [-0.2, 0) is 12.8 Å². The Bertz CT molecular complexity index is 531. The molecule has 0 radical (unpaired) electrons.